The third-order valence-corrected chi connectivity index (χ3v) is 4.10. The summed E-state index contributed by atoms with van der Waals surface area (Å²) in [7, 11) is 0. The van der Waals surface area contributed by atoms with Gasteiger partial charge in [-0.2, -0.15) is 0 Å². The maximum Gasteiger partial charge on any atom is 0.0758 e. The van der Waals surface area contributed by atoms with E-state index in [4.69, 9.17) is 10.5 Å². The Bertz CT molecular complexity index is 456. The second-order valence-corrected chi connectivity index (χ2v) is 6.09. The van der Waals surface area contributed by atoms with E-state index in [2.05, 4.69) is 24.8 Å². The average molecular weight is 246 g/mol. The topological polar surface area (TPSA) is 38.5 Å². The number of nitrogens with two attached hydrogens (primary N) is 1. The van der Waals surface area contributed by atoms with E-state index < -0.39 is 0 Å². The summed E-state index contributed by atoms with van der Waals surface area (Å²) in [5.41, 5.74) is 9.69. The van der Waals surface area contributed by atoms with E-state index in [0.29, 0.717) is 6.10 Å². The summed E-state index contributed by atoms with van der Waals surface area (Å²) in [6.07, 6.45) is 3.77. The Kier molecular flexibility index (Phi) is 2.74. The van der Waals surface area contributed by atoms with Gasteiger partial charge in [-0.3, -0.25) is 0 Å². The Balaban J connectivity index is 1.74. The third-order valence-electron chi connectivity index (χ3n) is 4.10. The van der Waals surface area contributed by atoms with Crippen molar-refractivity contribution in [1.29, 1.82) is 0 Å². The van der Waals surface area contributed by atoms with Gasteiger partial charge in [-0.05, 0) is 44.7 Å². The van der Waals surface area contributed by atoms with Gasteiger partial charge in [-0.1, -0.05) is 12.1 Å². The van der Waals surface area contributed by atoms with Crippen LogP contribution in [0.3, 0.4) is 0 Å². The average Bonchev–Trinajstić information content (AvgIpc) is 2.85. The van der Waals surface area contributed by atoms with E-state index in [1.807, 2.05) is 12.1 Å². The van der Waals surface area contributed by atoms with Gasteiger partial charge in [0.15, 0.2) is 0 Å². The fourth-order valence-electron chi connectivity index (χ4n) is 3.20. The Morgan fingerprint density at radius 1 is 1.44 bits per heavy atom. The van der Waals surface area contributed by atoms with Gasteiger partial charge in [0.2, 0.25) is 0 Å². The number of benzene rings is 1. The number of ether oxygens (including phenoxy) is 1. The second-order valence-electron chi connectivity index (χ2n) is 6.09. The number of anilines is 2. The molecule has 3 nitrogen and oxygen atoms in total. The zero-order valence-electron chi connectivity index (χ0n) is 11.3. The van der Waals surface area contributed by atoms with Crippen LogP contribution in [0.15, 0.2) is 18.2 Å². The third kappa shape index (κ3) is 2.07. The van der Waals surface area contributed by atoms with Crippen LogP contribution in [-0.2, 0) is 11.2 Å². The highest BCUT2D eigenvalue weighted by atomic mass is 16.5. The summed E-state index contributed by atoms with van der Waals surface area (Å²) >= 11 is 0. The zero-order valence-corrected chi connectivity index (χ0v) is 11.3. The summed E-state index contributed by atoms with van der Waals surface area (Å²) in [6.45, 7) is 6.41. The van der Waals surface area contributed by atoms with Gasteiger partial charge in [-0.15, -0.1) is 0 Å². The quantitative estimate of drug-likeness (QED) is 0.815. The van der Waals surface area contributed by atoms with E-state index >= 15 is 0 Å². The molecule has 2 N–H and O–H groups in total. The first-order chi connectivity index (χ1) is 8.55. The van der Waals surface area contributed by atoms with Crippen LogP contribution in [0.1, 0.15) is 32.3 Å². The summed E-state index contributed by atoms with van der Waals surface area (Å²) in [4.78, 5) is 2.40. The minimum atomic E-state index is 0.0510. The van der Waals surface area contributed by atoms with Gasteiger partial charge in [0.1, 0.15) is 0 Å². The smallest absolute Gasteiger partial charge is 0.0758 e. The van der Waals surface area contributed by atoms with Crippen molar-refractivity contribution in [2.24, 2.45) is 0 Å². The molecule has 0 amide bonds. The van der Waals surface area contributed by atoms with Crippen LogP contribution >= 0.6 is 0 Å². The SMILES string of the molecule is CC1(C)CCC(CN2CCc3cccc(N)c32)O1. The standard InChI is InChI=1S/C15H22N2O/c1-15(2)8-6-12(18-15)10-17-9-7-11-4-3-5-13(16)14(11)17/h3-5,12H,6-10,16H2,1-2H3. The highest BCUT2D eigenvalue weighted by molar-refractivity contribution is 5.74. The lowest BCUT2D eigenvalue weighted by Gasteiger charge is -2.26. The van der Waals surface area contributed by atoms with Gasteiger partial charge >= 0.3 is 0 Å². The molecule has 0 aliphatic carbocycles. The maximum absolute atomic E-state index is 6.11. The van der Waals surface area contributed by atoms with E-state index in [0.717, 1.165) is 38.0 Å². The lowest BCUT2D eigenvalue weighted by molar-refractivity contribution is -0.0114. The zero-order chi connectivity index (χ0) is 12.8. The fraction of sp³-hybridized carbons (Fsp3) is 0.600. The molecule has 3 heteroatoms. The Morgan fingerprint density at radius 2 is 2.28 bits per heavy atom. The molecule has 2 aliphatic heterocycles. The number of para-hydroxylation sites is 1. The summed E-state index contributed by atoms with van der Waals surface area (Å²) in [5, 5.41) is 0. The van der Waals surface area contributed by atoms with E-state index in [-0.39, 0.29) is 5.60 Å². The molecule has 0 spiro atoms. The molecule has 0 bridgehead atoms. The monoisotopic (exact) mass is 246 g/mol. The van der Waals surface area contributed by atoms with Crippen molar-refractivity contribution in [3.8, 4) is 0 Å². The molecule has 0 saturated carbocycles. The Labute approximate surface area is 109 Å². The molecule has 1 atom stereocenters. The van der Waals surface area contributed by atoms with Crippen LogP contribution in [0, 0.1) is 0 Å². The van der Waals surface area contributed by atoms with Gasteiger partial charge in [-0.25, -0.2) is 0 Å². The molecule has 0 aromatic heterocycles. The molecule has 1 fully saturated rings. The van der Waals surface area contributed by atoms with E-state index in [1.165, 1.54) is 11.3 Å². The van der Waals surface area contributed by atoms with Crippen molar-refractivity contribution < 1.29 is 4.74 Å². The molecule has 1 unspecified atom stereocenters. The van der Waals surface area contributed by atoms with Gasteiger partial charge in [0.25, 0.3) is 0 Å². The van der Waals surface area contributed by atoms with Gasteiger partial charge < -0.3 is 15.4 Å². The molecule has 2 heterocycles. The van der Waals surface area contributed by atoms with Gasteiger partial charge in [0, 0.05) is 13.1 Å². The molecule has 18 heavy (non-hydrogen) atoms. The Morgan fingerprint density at radius 3 is 3.00 bits per heavy atom. The highest BCUT2D eigenvalue weighted by Gasteiger charge is 2.34. The number of nitrogen functional groups attached to an aromatic ring is 1. The Hall–Kier alpha value is -1.22. The van der Waals surface area contributed by atoms with Crippen LogP contribution in [0.5, 0.6) is 0 Å². The number of nitrogens with zero attached hydrogens (tertiary/aromatic N) is 1. The molecule has 1 saturated heterocycles. The molecular formula is C15H22N2O. The molecule has 1 aromatic carbocycles. The van der Waals surface area contributed by atoms with Crippen LogP contribution in [0.25, 0.3) is 0 Å². The predicted molar refractivity (Wildman–Crippen MR) is 75.0 cm³/mol. The number of hydrogen-bond acceptors (Lipinski definition) is 3. The highest BCUT2D eigenvalue weighted by Crippen LogP contribution is 2.36. The normalized spacial score (nSPS) is 25.4. The summed E-state index contributed by atoms with van der Waals surface area (Å²) in [5.74, 6) is 0. The minimum absolute atomic E-state index is 0.0510. The second kappa shape index (κ2) is 4.16. The molecule has 3 rings (SSSR count). The molecule has 1 aromatic rings. The van der Waals surface area contributed by atoms with Crippen LogP contribution in [0.4, 0.5) is 11.4 Å². The minimum Gasteiger partial charge on any atom is -0.397 e. The fourth-order valence-corrected chi connectivity index (χ4v) is 3.20. The number of rotatable bonds is 2. The van der Waals surface area contributed by atoms with Gasteiger partial charge in [0.05, 0.1) is 23.1 Å². The summed E-state index contributed by atoms with van der Waals surface area (Å²) in [6, 6.07) is 6.23. The lowest BCUT2D eigenvalue weighted by atomic mass is 10.1. The molecular weight excluding hydrogens is 224 g/mol. The van der Waals surface area contributed by atoms with Crippen molar-refractivity contribution in [3.05, 3.63) is 23.8 Å². The van der Waals surface area contributed by atoms with Crippen molar-refractivity contribution in [1.82, 2.24) is 0 Å². The van der Waals surface area contributed by atoms with Crippen molar-refractivity contribution >= 4 is 11.4 Å². The molecule has 98 valence electrons. The summed E-state index contributed by atoms with van der Waals surface area (Å²) < 4.78 is 6.08. The van der Waals surface area contributed by atoms with Crippen LogP contribution < -0.4 is 10.6 Å². The van der Waals surface area contributed by atoms with Crippen molar-refractivity contribution in [2.75, 3.05) is 23.7 Å². The first kappa shape index (κ1) is 11.8. The van der Waals surface area contributed by atoms with Crippen LogP contribution in [0.2, 0.25) is 0 Å². The first-order valence-corrected chi connectivity index (χ1v) is 6.85. The van der Waals surface area contributed by atoms with Crippen LogP contribution in [-0.4, -0.2) is 24.8 Å². The van der Waals surface area contributed by atoms with E-state index in [1.54, 1.807) is 0 Å². The number of fused-ring (bicyclic) bond motifs is 1. The predicted octanol–water partition coefficient (Wildman–Crippen LogP) is 2.59. The van der Waals surface area contributed by atoms with Crippen molar-refractivity contribution in [2.45, 2.75) is 44.8 Å². The number of hydrogen-bond donors (Lipinski definition) is 1. The first-order valence-electron chi connectivity index (χ1n) is 6.85. The van der Waals surface area contributed by atoms with Crippen molar-refractivity contribution in [3.63, 3.8) is 0 Å². The molecule has 0 radical (unpaired) electrons. The molecule has 2 aliphatic rings. The maximum atomic E-state index is 6.11. The lowest BCUT2D eigenvalue weighted by Crippen LogP contribution is -2.33. The largest absolute Gasteiger partial charge is 0.397 e. The van der Waals surface area contributed by atoms with E-state index in [9.17, 15) is 0 Å².